The molecule has 0 atom stereocenters. The molecule has 0 saturated heterocycles. The minimum absolute atomic E-state index is 0.681. The Kier molecular flexibility index (Phi) is 1.25. The summed E-state index contributed by atoms with van der Waals surface area (Å²) < 4.78 is 1.85. The van der Waals surface area contributed by atoms with Gasteiger partial charge in [-0.1, -0.05) is 0 Å². The van der Waals surface area contributed by atoms with Gasteiger partial charge in [0.1, 0.15) is 13.5 Å². The van der Waals surface area contributed by atoms with E-state index in [4.69, 9.17) is 7.85 Å². The van der Waals surface area contributed by atoms with Gasteiger partial charge in [-0.05, 0) is 30.2 Å². The summed E-state index contributed by atoms with van der Waals surface area (Å²) in [5, 5.41) is 0. The fourth-order valence-corrected chi connectivity index (χ4v) is 1.10. The lowest BCUT2D eigenvalue weighted by atomic mass is 10.1. The van der Waals surface area contributed by atoms with Crippen LogP contribution in [0.4, 0.5) is 0 Å². The first-order valence-electron chi connectivity index (χ1n) is 3.46. The van der Waals surface area contributed by atoms with Crippen molar-refractivity contribution in [3.8, 4) is 0 Å². The summed E-state index contributed by atoms with van der Waals surface area (Å²) in [6.45, 7) is 2.03. The molecule has 3 heteroatoms. The van der Waals surface area contributed by atoms with Gasteiger partial charge in [0.25, 0.3) is 0 Å². The largest absolute Gasteiger partial charge is 0.315 e. The third-order valence-electron chi connectivity index (χ3n) is 1.70. The molecule has 2 aromatic heterocycles. The van der Waals surface area contributed by atoms with Crippen LogP contribution < -0.4 is 5.59 Å². The molecule has 0 saturated carbocycles. The first-order chi connectivity index (χ1) is 5.27. The molecule has 0 aliphatic rings. The first kappa shape index (κ1) is 6.46. The van der Waals surface area contributed by atoms with Gasteiger partial charge < -0.3 is 4.40 Å². The number of imidazole rings is 1. The second kappa shape index (κ2) is 2.12. The SMILES string of the molecule is [B]c1cnc2cc(C)ccn12. The molecule has 11 heavy (non-hydrogen) atoms. The minimum Gasteiger partial charge on any atom is -0.315 e. The molecule has 2 aromatic rings. The van der Waals surface area contributed by atoms with Crippen LogP contribution in [0, 0.1) is 6.92 Å². The third kappa shape index (κ3) is 0.927. The average molecular weight is 142 g/mol. The van der Waals surface area contributed by atoms with Crippen molar-refractivity contribution in [1.82, 2.24) is 9.38 Å². The van der Waals surface area contributed by atoms with E-state index in [1.807, 2.05) is 29.7 Å². The molecule has 2 rings (SSSR count). The van der Waals surface area contributed by atoms with Crippen LogP contribution in [0.25, 0.3) is 5.65 Å². The van der Waals surface area contributed by atoms with Gasteiger partial charge in [0, 0.05) is 12.4 Å². The molecule has 2 heterocycles. The van der Waals surface area contributed by atoms with Crippen LogP contribution in [0.3, 0.4) is 0 Å². The second-order valence-electron chi connectivity index (χ2n) is 2.62. The molecule has 0 amide bonds. The van der Waals surface area contributed by atoms with Crippen molar-refractivity contribution in [2.24, 2.45) is 0 Å². The molecular formula is C8H7BN2. The van der Waals surface area contributed by atoms with E-state index < -0.39 is 0 Å². The van der Waals surface area contributed by atoms with Crippen LogP contribution in [-0.4, -0.2) is 17.2 Å². The van der Waals surface area contributed by atoms with Crippen molar-refractivity contribution in [2.45, 2.75) is 6.92 Å². The van der Waals surface area contributed by atoms with Crippen LogP contribution in [-0.2, 0) is 0 Å². The third-order valence-corrected chi connectivity index (χ3v) is 1.70. The molecule has 52 valence electrons. The number of rotatable bonds is 0. The van der Waals surface area contributed by atoms with Gasteiger partial charge in [-0.3, -0.25) is 0 Å². The summed E-state index contributed by atoms with van der Waals surface area (Å²) in [4.78, 5) is 4.12. The highest BCUT2D eigenvalue weighted by atomic mass is 15.0. The first-order valence-corrected chi connectivity index (χ1v) is 3.46. The monoisotopic (exact) mass is 142 g/mol. The van der Waals surface area contributed by atoms with Gasteiger partial charge in [0.15, 0.2) is 0 Å². The molecule has 0 unspecified atom stereocenters. The quantitative estimate of drug-likeness (QED) is 0.487. The molecule has 0 bridgehead atoms. The zero-order valence-corrected chi connectivity index (χ0v) is 6.28. The summed E-state index contributed by atoms with van der Waals surface area (Å²) in [5.74, 6) is 0. The van der Waals surface area contributed by atoms with Gasteiger partial charge in [-0.2, -0.15) is 0 Å². The van der Waals surface area contributed by atoms with Crippen LogP contribution in [0.5, 0.6) is 0 Å². The highest BCUT2D eigenvalue weighted by Crippen LogP contribution is 2.01. The zero-order chi connectivity index (χ0) is 7.84. The van der Waals surface area contributed by atoms with Gasteiger partial charge in [0.2, 0.25) is 0 Å². The minimum atomic E-state index is 0.681. The molecule has 0 aliphatic carbocycles. The predicted octanol–water partition coefficient (Wildman–Crippen LogP) is 0.437. The lowest BCUT2D eigenvalue weighted by Gasteiger charge is -1.96. The Morgan fingerprint density at radius 3 is 3.18 bits per heavy atom. The van der Waals surface area contributed by atoms with Crippen LogP contribution in [0.1, 0.15) is 5.56 Å². The Bertz CT molecular complexity index is 392. The van der Waals surface area contributed by atoms with Crippen molar-refractivity contribution in [3.63, 3.8) is 0 Å². The maximum absolute atomic E-state index is 5.63. The van der Waals surface area contributed by atoms with E-state index in [1.165, 1.54) is 5.56 Å². The molecule has 0 spiro atoms. The van der Waals surface area contributed by atoms with Crippen molar-refractivity contribution in [3.05, 3.63) is 30.1 Å². The Morgan fingerprint density at radius 2 is 2.36 bits per heavy atom. The van der Waals surface area contributed by atoms with Crippen molar-refractivity contribution in [1.29, 1.82) is 0 Å². The summed E-state index contributed by atoms with van der Waals surface area (Å²) in [6.07, 6.45) is 3.59. The highest BCUT2D eigenvalue weighted by Gasteiger charge is 1.95. The Morgan fingerprint density at radius 1 is 1.55 bits per heavy atom. The van der Waals surface area contributed by atoms with Gasteiger partial charge in [-0.25, -0.2) is 4.98 Å². The smallest absolute Gasteiger partial charge is 0.141 e. The number of pyridine rings is 1. The summed E-state index contributed by atoms with van der Waals surface area (Å²) in [7, 11) is 5.63. The van der Waals surface area contributed by atoms with E-state index in [1.54, 1.807) is 6.20 Å². The number of nitrogens with zero attached hydrogens (tertiary/aromatic N) is 2. The number of aromatic nitrogens is 2. The molecule has 0 N–H and O–H groups in total. The fourth-order valence-electron chi connectivity index (χ4n) is 1.10. The molecule has 0 aromatic carbocycles. The maximum Gasteiger partial charge on any atom is 0.141 e. The van der Waals surface area contributed by atoms with Crippen molar-refractivity contribution >= 4 is 19.1 Å². The van der Waals surface area contributed by atoms with E-state index in [9.17, 15) is 0 Å². The normalized spacial score (nSPS) is 10.6. The zero-order valence-electron chi connectivity index (χ0n) is 6.28. The second-order valence-corrected chi connectivity index (χ2v) is 2.62. The van der Waals surface area contributed by atoms with Crippen LogP contribution in [0.2, 0.25) is 0 Å². The number of fused-ring (bicyclic) bond motifs is 1. The summed E-state index contributed by atoms with van der Waals surface area (Å²) in [5.41, 5.74) is 2.78. The Hall–Kier alpha value is -1.25. The van der Waals surface area contributed by atoms with Crippen molar-refractivity contribution < 1.29 is 0 Å². The number of hydrogen-bond donors (Lipinski definition) is 0. The van der Waals surface area contributed by atoms with Gasteiger partial charge >= 0.3 is 0 Å². The molecule has 0 aliphatic heterocycles. The highest BCUT2D eigenvalue weighted by molar-refractivity contribution is 6.31. The van der Waals surface area contributed by atoms with E-state index in [2.05, 4.69) is 4.98 Å². The lowest BCUT2D eigenvalue weighted by Crippen LogP contribution is -2.08. The Labute approximate surface area is 66.3 Å². The van der Waals surface area contributed by atoms with Crippen LogP contribution >= 0.6 is 0 Å². The summed E-state index contributed by atoms with van der Waals surface area (Å²) >= 11 is 0. The number of hydrogen-bond acceptors (Lipinski definition) is 1. The molecule has 2 nitrogen and oxygen atoms in total. The summed E-state index contributed by atoms with van der Waals surface area (Å²) in [6, 6.07) is 4.00. The van der Waals surface area contributed by atoms with Crippen LogP contribution in [0.15, 0.2) is 24.5 Å². The topological polar surface area (TPSA) is 17.3 Å². The molecular weight excluding hydrogens is 135 g/mol. The molecule has 0 fully saturated rings. The fraction of sp³-hybridized carbons (Fsp3) is 0.125. The average Bonchev–Trinajstić information content (AvgIpc) is 2.32. The van der Waals surface area contributed by atoms with Gasteiger partial charge in [0.05, 0.1) is 0 Å². The van der Waals surface area contributed by atoms with Crippen molar-refractivity contribution in [2.75, 3.05) is 0 Å². The van der Waals surface area contributed by atoms with E-state index >= 15 is 0 Å². The lowest BCUT2D eigenvalue weighted by molar-refractivity contribution is 1.20. The van der Waals surface area contributed by atoms with Gasteiger partial charge in [-0.15, -0.1) is 0 Å². The maximum atomic E-state index is 5.63. The molecule has 2 radical (unpaired) electrons. The predicted molar refractivity (Wildman–Crippen MR) is 45.3 cm³/mol. The standard InChI is InChI=1S/C8H7BN2/c1-6-2-3-11-7(9)5-10-8(11)4-6/h2-5H,1H3. The van der Waals surface area contributed by atoms with E-state index in [0.29, 0.717) is 5.59 Å². The van der Waals surface area contributed by atoms with E-state index in [-0.39, 0.29) is 0 Å². The Balaban J connectivity index is 2.86. The van der Waals surface area contributed by atoms with E-state index in [0.717, 1.165) is 5.65 Å². The number of aryl methyl sites for hydroxylation is 1.